The molecule has 0 aromatic carbocycles. The number of thiophene rings is 1. The summed E-state index contributed by atoms with van der Waals surface area (Å²) in [4.78, 5) is 26.4. The van der Waals surface area contributed by atoms with Crippen molar-refractivity contribution < 1.29 is 9.59 Å². The smallest absolute Gasteiger partial charge is 0.274 e. The van der Waals surface area contributed by atoms with E-state index in [1.54, 1.807) is 16.2 Å². The fourth-order valence-electron chi connectivity index (χ4n) is 2.96. The van der Waals surface area contributed by atoms with E-state index in [9.17, 15) is 9.59 Å². The van der Waals surface area contributed by atoms with Crippen molar-refractivity contribution in [2.24, 2.45) is 0 Å². The first-order valence-electron chi connectivity index (χ1n) is 8.68. The fraction of sp³-hybridized carbons (Fsp3) is 0.500. The molecule has 0 bridgehead atoms. The highest BCUT2D eigenvalue weighted by Gasteiger charge is 2.29. The van der Waals surface area contributed by atoms with Gasteiger partial charge in [0.25, 0.3) is 5.91 Å². The summed E-state index contributed by atoms with van der Waals surface area (Å²) >= 11 is 1.64. The number of aromatic nitrogens is 2. The molecule has 25 heavy (non-hydrogen) atoms. The molecule has 1 fully saturated rings. The van der Waals surface area contributed by atoms with Crippen LogP contribution in [0.15, 0.2) is 22.9 Å². The van der Waals surface area contributed by atoms with Gasteiger partial charge in [0.15, 0.2) is 0 Å². The molecule has 6 nitrogen and oxygen atoms in total. The summed E-state index contributed by atoms with van der Waals surface area (Å²) in [6.45, 7) is 5.31. The van der Waals surface area contributed by atoms with Crippen LogP contribution in [-0.2, 0) is 11.2 Å². The Hall–Kier alpha value is -2.15. The molecule has 1 atom stereocenters. The highest BCUT2D eigenvalue weighted by atomic mass is 32.1. The maximum Gasteiger partial charge on any atom is 0.274 e. The molecule has 2 N–H and O–H groups in total. The summed E-state index contributed by atoms with van der Waals surface area (Å²) in [6, 6.07) is 3.89. The minimum absolute atomic E-state index is 0.0300. The van der Waals surface area contributed by atoms with Crippen molar-refractivity contribution in [2.45, 2.75) is 45.1 Å². The minimum Gasteiger partial charge on any atom is -0.352 e. The van der Waals surface area contributed by atoms with E-state index in [4.69, 9.17) is 0 Å². The van der Waals surface area contributed by atoms with Gasteiger partial charge in [-0.15, -0.1) is 0 Å². The first-order chi connectivity index (χ1) is 12.0. The molecule has 1 aliphatic heterocycles. The summed E-state index contributed by atoms with van der Waals surface area (Å²) in [7, 11) is 0. The van der Waals surface area contributed by atoms with E-state index < -0.39 is 0 Å². The molecule has 1 saturated heterocycles. The number of hydrogen-bond donors (Lipinski definition) is 2. The first-order valence-corrected chi connectivity index (χ1v) is 9.62. The summed E-state index contributed by atoms with van der Waals surface area (Å²) in [5.41, 5.74) is 2.61. The SMILES string of the molecule is CC(C)c1cc(C(=O)N2CCC(NC(=O)CCc3ccsc3)C2)n[nH]1. The zero-order chi connectivity index (χ0) is 17.8. The van der Waals surface area contributed by atoms with Gasteiger partial charge in [-0.1, -0.05) is 13.8 Å². The number of nitrogens with zero attached hydrogens (tertiary/aromatic N) is 2. The average Bonchev–Trinajstić information content (AvgIpc) is 3.33. The second-order valence-electron chi connectivity index (χ2n) is 6.80. The topological polar surface area (TPSA) is 78.1 Å². The van der Waals surface area contributed by atoms with E-state index in [-0.39, 0.29) is 17.9 Å². The summed E-state index contributed by atoms with van der Waals surface area (Å²) in [5.74, 6) is 0.286. The van der Waals surface area contributed by atoms with E-state index in [0.29, 0.717) is 31.1 Å². The second-order valence-corrected chi connectivity index (χ2v) is 7.58. The molecule has 3 heterocycles. The van der Waals surface area contributed by atoms with Crippen molar-refractivity contribution in [3.05, 3.63) is 39.8 Å². The molecule has 0 aliphatic carbocycles. The zero-order valence-electron chi connectivity index (χ0n) is 14.6. The Labute approximate surface area is 151 Å². The highest BCUT2D eigenvalue weighted by Crippen LogP contribution is 2.17. The van der Waals surface area contributed by atoms with Crippen molar-refractivity contribution in [3.63, 3.8) is 0 Å². The predicted molar refractivity (Wildman–Crippen MR) is 97.8 cm³/mol. The van der Waals surface area contributed by atoms with Crippen LogP contribution in [0.3, 0.4) is 0 Å². The third-order valence-electron chi connectivity index (χ3n) is 4.50. The van der Waals surface area contributed by atoms with Crippen molar-refractivity contribution >= 4 is 23.2 Å². The molecule has 2 aromatic heterocycles. The van der Waals surface area contributed by atoms with Crippen molar-refractivity contribution in [1.82, 2.24) is 20.4 Å². The number of rotatable bonds is 6. The summed E-state index contributed by atoms with van der Waals surface area (Å²) < 4.78 is 0. The van der Waals surface area contributed by atoms with Crippen LogP contribution in [0.2, 0.25) is 0 Å². The van der Waals surface area contributed by atoms with E-state index in [2.05, 4.69) is 34.7 Å². The number of nitrogens with one attached hydrogen (secondary N) is 2. The lowest BCUT2D eigenvalue weighted by Gasteiger charge is -2.16. The number of amides is 2. The lowest BCUT2D eigenvalue weighted by molar-refractivity contribution is -0.121. The number of aryl methyl sites for hydroxylation is 1. The van der Waals surface area contributed by atoms with Gasteiger partial charge in [-0.05, 0) is 47.2 Å². The van der Waals surface area contributed by atoms with Crippen molar-refractivity contribution in [3.8, 4) is 0 Å². The van der Waals surface area contributed by atoms with Gasteiger partial charge in [-0.25, -0.2) is 0 Å². The van der Waals surface area contributed by atoms with Crippen LogP contribution in [0.25, 0.3) is 0 Å². The lowest BCUT2D eigenvalue weighted by atomic mass is 10.1. The standard InChI is InChI=1S/C18H24N4O2S/c1-12(2)15-9-16(21-20-15)18(24)22-7-5-14(10-22)19-17(23)4-3-13-6-8-25-11-13/h6,8-9,11-12,14H,3-5,7,10H2,1-2H3,(H,19,23)(H,20,21). The van der Waals surface area contributed by atoms with E-state index in [1.807, 2.05) is 17.5 Å². The van der Waals surface area contributed by atoms with Crippen LogP contribution in [-0.4, -0.2) is 46.0 Å². The van der Waals surface area contributed by atoms with Gasteiger partial charge in [0.2, 0.25) is 5.91 Å². The highest BCUT2D eigenvalue weighted by molar-refractivity contribution is 7.07. The van der Waals surface area contributed by atoms with Gasteiger partial charge in [0.05, 0.1) is 0 Å². The molecule has 2 amide bonds. The Morgan fingerprint density at radius 3 is 3.00 bits per heavy atom. The third-order valence-corrected chi connectivity index (χ3v) is 5.23. The molecule has 2 aromatic rings. The molecule has 1 unspecified atom stereocenters. The van der Waals surface area contributed by atoms with Gasteiger partial charge in [-0.2, -0.15) is 16.4 Å². The van der Waals surface area contributed by atoms with E-state index in [0.717, 1.165) is 18.5 Å². The Bertz CT molecular complexity index is 723. The number of aromatic amines is 1. The number of H-pyrrole nitrogens is 1. The lowest BCUT2D eigenvalue weighted by Crippen LogP contribution is -2.38. The van der Waals surface area contributed by atoms with Gasteiger partial charge in [-0.3, -0.25) is 14.7 Å². The van der Waals surface area contributed by atoms with Crippen molar-refractivity contribution in [2.75, 3.05) is 13.1 Å². The Morgan fingerprint density at radius 2 is 2.32 bits per heavy atom. The fourth-order valence-corrected chi connectivity index (χ4v) is 3.66. The van der Waals surface area contributed by atoms with E-state index >= 15 is 0 Å². The van der Waals surface area contributed by atoms with E-state index in [1.165, 1.54) is 5.56 Å². The largest absolute Gasteiger partial charge is 0.352 e. The third kappa shape index (κ3) is 4.48. The Balaban J connectivity index is 1.47. The second kappa shape index (κ2) is 7.82. The van der Waals surface area contributed by atoms with Gasteiger partial charge in [0.1, 0.15) is 5.69 Å². The maximum absolute atomic E-state index is 12.5. The quantitative estimate of drug-likeness (QED) is 0.831. The maximum atomic E-state index is 12.5. The molecular formula is C18H24N4O2S. The molecule has 0 spiro atoms. The Kier molecular flexibility index (Phi) is 5.53. The molecule has 3 rings (SSSR count). The number of hydrogen-bond acceptors (Lipinski definition) is 4. The number of carbonyl (C=O) groups excluding carboxylic acids is 2. The molecular weight excluding hydrogens is 336 g/mol. The normalized spacial score (nSPS) is 17.2. The first kappa shape index (κ1) is 17.7. The van der Waals surface area contributed by atoms with Crippen LogP contribution in [0.4, 0.5) is 0 Å². The van der Waals surface area contributed by atoms with Crippen LogP contribution in [0.5, 0.6) is 0 Å². The van der Waals surface area contributed by atoms with Crippen LogP contribution >= 0.6 is 11.3 Å². The zero-order valence-corrected chi connectivity index (χ0v) is 15.4. The van der Waals surface area contributed by atoms with Crippen LogP contribution in [0.1, 0.15) is 54.4 Å². The Morgan fingerprint density at radius 1 is 1.48 bits per heavy atom. The summed E-state index contributed by atoms with van der Waals surface area (Å²) in [6.07, 6.45) is 2.03. The minimum atomic E-state index is -0.0711. The predicted octanol–water partition coefficient (Wildman–Crippen LogP) is 2.56. The molecule has 7 heteroatoms. The molecule has 134 valence electrons. The number of likely N-dealkylation sites (tertiary alicyclic amines) is 1. The monoisotopic (exact) mass is 360 g/mol. The van der Waals surface area contributed by atoms with Gasteiger partial charge < -0.3 is 10.2 Å². The summed E-state index contributed by atoms with van der Waals surface area (Å²) in [5, 5.41) is 14.2. The van der Waals surface area contributed by atoms with Crippen molar-refractivity contribution in [1.29, 1.82) is 0 Å². The van der Waals surface area contributed by atoms with Gasteiger partial charge >= 0.3 is 0 Å². The number of carbonyl (C=O) groups is 2. The van der Waals surface area contributed by atoms with Crippen LogP contribution in [0, 0.1) is 0 Å². The van der Waals surface area contributed by atoms with Gasteiger partial charge in [0, 0.05) is 31.2 Å². The molecule has 0 radical (unpaired) electrons. The van der Waals surface area contributed by atoms with Crippen LogP contribution < -0.4 is 5.32 Å². The molecule has 0 saturated carbocycles. The molecule has 1 aliphatic rings. The average molecular weight is 360 g/mol.